The minimum Gasteiger partial charge on any atom is -0.507 e. The largest absolute Gasteiger partial charge is 0.507 e. The smallest absolute Gasteiger partial charge is 0.337 e. The number of hydrogen-bond acceptors (Lipinski definition) is 6. The first kappa shape index (κ1) is 21.8. The predicted molar refractivity (Wildman–Crippen MR) is 117 cm³/mol. The van der Waals surface area contributed by atoms with Gasteiger partial charge in [-0.15, -0.1) is 0 Å². The third-order valence-electron chi connectivity index (χ3n) is 4.71. The van der Waals surface area contributed by atoms with E-state index in [9.17, 15) is 14.7 Å². The van der Waals surface area contributed by atoms with E-state index in [1.54, 1.807) is 18.3 Å². The van der Waals surface area contributed by atoms with E-state index in [1.807, 2.05) is 31.2 Å². The third kappa shape index (κ3) is 5.39. The van der Waals surface area contributed by atoms with Crippen LogP contribution >= 0.6 is 0 Å². The van der Waals surface area contributed by atoms with Crippen molar-refractivity contribution in [3.05, 3.63) is 77.1 Å². The SMILES string of the molecule is CCCc1c(OCc2cccc(Nc3cncc(C(=O)O)c3)c2)ccc(C(C)=O)c1O. The molecule has 0 aliphatic heterocycles. The van der Waals surface area contributed by atoms with Gasteiger partial charge in [-0.1, -0.05) is 25.5 Å². The van der Waals surface area contributed by atoms with Crippen LogP contribution in [-0.4, -0.2) is 26.9 Å². The summed E-state index contributed by atoms with van der Waals surface area (Å²) in [4.78, 5) is 26.8. The van der Waals surface area contributed by atoms with Crippen molar-refractivity contribution in [2.75, 3.05) is 5.32 Å². The summed E-state index contributed by atoms with van der Waals surface area (Å²) in [6.45, 7) is 3.68. The van der Waals surface area contributed by atoms with E-state index in [2.05, 4.69) is 10.3 Å². The second kappa shape index (κ2) is 9.75. The molecule has 3 rings (SSSR count). The number of aromatic hydroxyl groups is 1. The summed E-state index contributed by atoms with van der Waals surface area (Å²) >= 11 is 0. The lowest BCUT2D eigenvalue weighted by molar-refractivity contribution is 0.0696. The van der Waals surface area contributed by atoms with Crippen molar-refractivity contribution in [3.63, 3.8) is 0 Å². The highest BCUT2D eigenvalue weighted by Crippen LogP contribution is 2.33. The maximum absolute atomic E-state index is 11.7. The van der Waals surface area contributed by atoms with Crippen LogP contribution in [0.3, 0.4) is 0 Å². The third-order valence-corrected chi connectivity index (χ3v) is 4.71. The Kier molecular flexibility index (Phi) is 6.87. The van der Waals surface area contributed by atoms with Gasteiger partial charge in [0.1, 0.15) is 18.1 Å². The zero-order valence-electron chi connectivity index (χ0n) is 17.4. The van der Waals surface area contributed by atoms with Crippen LogP contribution in [0.15, 0.2) is 54.9 Å². The molecule has 0 unspecified atom stereocenters. The summed E-state index contributed by atoms with van der Waals surface area (Å²) in [6.07, 6.45) is 4.23. The van der Waals surface area contributed by atoms with Gasteiger partial charge in [-0.3, -0.25) is 9.78 Å². The first-order chi connectivity index (χ1) is 14.9. The molecule has 7 nitrogen and oxygen atoms in total. The molecular formula is C24H24N2O5. The Balaban J connectivity index is 1.76. The number of phenolic OH excluding ortho intramolecular Hbond substituents is 1. The molecule has 0 atom stereocenters. The Morgan fingerprint density at radius 2 is 1.90 bits per heavy atom. The molecule has 0 fully saturated rings. The second-order valence-corrected chi connectivity index (χ2v) is 7.13. The van der Waals surface area contributed by atoms with E-state index in [1.165, 1.54) is 19.2 Å². The van der Waals surface area contributed by atoms with E-state index in [0.717, 1.165) is 17.7 Å². The molecule has 31 heavy (non-hydrogen) atoms. The molecular weight excluding hydrogens is 396 g/mol. The number of phenols is 1. The van der Waals surface area contributed by atoms with E-state index in [-0.39, 0.29) is 23.7 Å². The van der Waals surface area contributed by atoms with Gasteiger partial charge in [-0.25, -0.2) is 4.79 Å². The number of carboxylic acid groups (broad SMARTS) is 1. The number of carbonyl (C=O) groups is 2. The summed E-state index contributed by atoms with van der Waals surface area (Å²) in [7, 11) is 0. The fraction of sp³-hybridized carbons (Fsp3) is 0.208. The standard InChI is InChI=1S/C24H24N2O5/c1-3-5-21-22(9-8-20(15(2)27)23(21)28)31-14-16-6-4-7-18(10-16)26-19-11-17(24(29)30)12-25-13-19/h4,6-13,26,28H,3,5,14H2,1-2H3,(H,29,30). The van der Waals surface area contributed by atoms with Crippen LogP contribution in [0.25, 0.3) is 0 Å². The van der Waals surface area contributed by atoms with Gasteiger partial charge >= 0.3 is 5.97 Å². The van der Waals surface area contributed by atoms with Gasteiger partial charge in [0.05, 0.1) is 23.0 Å². The Morgan fingerprint density at radius 1 is 1.10 bits per heavy atom. The Labute approximate surface area is 180 Å². The van der Waals surface area contributed by atoms with Gasteiger partial charge in [0, 0.05) is 17.4 Å². The summed E-state index contributed by atoms with van der Waals surface area (Å²) in [6, 6.07) is 12.3. The van der Waals surface area contributed by atoms with Crippen LogP contribution in [0.5, 0.6) is 11.5 Å². The normalized spacial score (nSPS) is 10.5. The Morgan fingerprint density at radius 3 is 2.61 bits per heavy atom. The zero-order valence-corrected chi connectivity index (χ0v) is 17.4. The highest BCUT2D eigenvalue weighted by atomic mass is 16.5. The summed E-state index contributed by atoms with van der Waals surface area (Å²) in [5.74, 6) is -0.712. The minimum absolute atomic E-state index is 0.0203. The number of ketones is 1. The molecule has 3 aromatic rings. The maximum Gasteiger partial charge on any atom is 0.337 e. The van der Waals surface area contributed by atoms with Crippen molar-refractivity contribution in [2.24, 2.45) is 0 Å². The molecule has 0 saturated carbocycles. The number of pyridine rings is 1. The van der Waals surface area contributed by atoms with Crippen molar-refractivity contribution < 1.29 is 24.5 Å². The van der Waals surface area contributed by atoms with Crippen LogP contribution in [0.4, 0.5) is 11.4 Å². The Bertz CT molecular complexity index is 1110. The first-order valence-corrected chi connectivity index (χ1v) is 9.92. The fourth-order valence-electron chi connectivity index (χ4n) is 3.22. The van der Waals surface area contributed by atoms with Crippen molar-refractivity contribution in [2.45, 2.75) is 33.3 Å². The number of benzene rings is 2. The second-order valence-electron chi connectivity index (χ2n) is 7.13. The number of nitrogens with zero attached hydrogens (tertiary/aromatic N) is 1. The van der Waals surface area contributed by atoms with E-state index >= 15 is 0 Å². The molecule has 1 heterocycles. The average Bonchev–Trinajstić information content (AvgIpc) is 2.74. The molecule has 7 heteroatoms. The van der Waals surface area contributed by atoms with E-state index in [0.29, 0.717) is 29.0 Å². The van der Waals surface area contributed by atoms with Gasteiger partial charge in [0.2, 0.25) is 0 Å². The van der Waals surface area contributed by atoms with Gasteiger partial charge in [-0.05, 0) is 49.2 Å². The van der Waals surface area contributed by atoms with Gasteiger partial charge < -0.3 is 20.3 Å². The molecule has 0 amide bonds. The van der Waals surface area contributed by atoms with Crippen molar-refractivity contribution in [1.82, 2.24) is 4.98 Å². The lowest BCUT2D eigenvalue weighted by atomic mass is 10.0. The molecule has 1 aromatic heterocycles. The molecule has 3 N–H and O–H groups in total. The summed E-state index contributed by atoms with van der Waals surface area (Å²) in [5, 5.41) is 22.7. The molecule has 0 bridgehead atoms. The Hall–Kier alpha value is -3.87. The van der Waals surface area contributed by atoms with Gasteiger partial charge in [0.15, 0.2) is 5.78 Å². The van der Waals surface area contributed by atoms with Crippen molar-refractivity contribution >= 4 is 23.1 Å². The van der Waals surface area contributed by atoms with Crippen LogP contribution in [0.2, 0.25) is 0 Å². The van der Waals surface area contributed by atoms with Crippen molar-refractivity contribution in [1.29, 1.82) is 0 Å². The highest BCUT2D eigenvalue weighted by molar-refractivity contribution is 5.97. The van der Waals surface area contributed by atoms with Crippen LogP contribution < -0.4 is 10.1 Å². The van der Waals surface area contributed by atoms with Crippen LogP contribution in [0.1, 0.15) is 52.1 Å². The number of anilines is 2. The van der Waals surface area contributed by atoms with E-state index < -0.39 is 5.97 Å². The number of aromatic carboxylic acids is 1. The summed E-state index contributed by atoms with van der Waals surface area (Å²) in [5.41, 5.74) is 3.22. The monoisotopic (exact) mass is 420 g/mol. The first-order valence-electron chi connectivity index (χ1n) is 9.92. The number of rotatable bonds is 9. The van der Waals surface area contributed by atoms with Gasteiger partial charge in [0.25, 0.3) is 0 Å². The number of Topliss-reactive ketones (excluding diaryl/α,β-unsaturated/α-hetero) is 1. The minimum atomic E-state index is -1.04. The average molecular weight is 420 g/mol. The summed E-state index contributed by atoms with van der Waals surface area (Å²) < 4.78 is 5.96. The molecule has 0 spiro atoms. The molecule has 0 aliphatic rings. The van der Waals surface area contributed by atoms with Crippen molar-refractivity contribution in [3.8, 4) is 11.5 Å². The highest BCUT2D eigenvalue weighted by Gasteiger charge is 2.16. The van der Waals surface area contributed by atoms with E-state index in [4.69, 9.17) is 9.84 Å². The predicted octanol–water partition coefficient (Wildman–Crippen LogP) is 4.96. The number of carbonyl (C=O) groups excluding carboxylic acids is 1. The zero-order chi connectivity index (χ0) is 22.4. The van der Waals surface area contributed by atoms with Crippen LogP contribution in [-0.2, 0) is 13.0 Å². The molecule has 0 saturated heterocycles. The maximum atomic E-state index is 11.7. The lowest BCUT2D eigenvalue weighted by Gasteiger charge is -2.15. The number of nitrogens with one attached hydrogen (secondary N) is 1. The molecule has 160 valence electrons. The molecule has 2 aromatic carbocycles. The number of carboxylic acids is 1. The number of hydrogen-bond donors (Lipinski definition) is 3. The molecule has 0 aliphatic carbocycles. The fourth-order valence-corrected chi connectivity index (χ4v) is 3.22. The quantitative estimate of drug-likeness (QED) is 0.420. The molecule has 0 radical (unpaired) electrons. The number of aromatic nitrogens is 1. The topological polar surface area (TPSA) is 109 Å². The lowest BCUT2D eigenvalue weighted by Crippen LogP contribution is -2.03. The van der Waals surface area contributed by atoms with Gasteiger partial charge in [-0.2, -0.15) is 0 Å². The van der Waals surface area contributed by atoms with Crippen LogP contribution in [0, 0.1) is 0 Å². The number of ether oxygens (including phenoxy) is 1.